The second-order valence-electron chi connectivity index (χ2n) is 5.00. The molecule has 0 bridgehead atoms. The fourth-order valence-corrected chi connectivity index (χ4v) is 2.46. The smallest absolute Gasteiger partial charge is 0.151 e. The summed E-state index contributed by atoms with van der Waals surface area (Å²) in [6.45, 7) is 4.25. The van der Waals surface area contributed by atoms with E-state index in [4.69, 9.17) is 0 Å². The first-order valence-corrected chi connectivity index (χ1v) is 6.17. The number of carbonyl (C=O) groups is 1. The van der Waals surface area contributed by atoms with Crippen molar-refractivity contribution in [1.29, 1.82) is 0 Å². The Bertz CT molecular complexity index is 378. The van der Waals surface area contributed by atoms with Crippen molar-refractivity contribution in [3.63, 3.8) is 0 Å². The standard InChI is InChI=1S/C14H19NO/c1-10(2)12-7-13(9-16)14(15-8-12)11-5-3-4-6-11/h7-11H,3-6H2,1-2H3. The molecular formula is C14H19NO. The molecule has 1 aromatic rings. The number of carbonyl (C=O) groups excluding carboxylic acids is 1. The number of pyridine rings is 1. The second-order valence-corrected chi connectivity index (χ2v) is 5.00. The summed E-state index contributed by atoms with van der Waals surface area (Å²) in [7, 11) is 0. The van der Waals surface area contributed by atoms with Crippen molar-refractivity contribution in [1.82, 2.24) is 4.98 Å². The van der Waals surface area contributed by atoms with Crippen LogP contribution in [0, 0.1) is 0 Å². The molecule has 2 heteroatoms. The third-order valence-corrected chi connectivity index (χ3v) is 3.51. The predicted octanol–water partition coefficient (Wildman–Crippen LogP) is 3.68. The molecule has 1 saturated carbocycles. The van der Waals surface area contributed by atoms with Crippen molar-refractivity contribution in [2.24, 2.45) is 0 Å². The molecule has 0 unspecified atom stereocenters. The fraction of sp³-hybridized carbons (Fsp3) is 0.571. The first-order valence-electron chi connectivity index (χ1n) is 6.17. The number of rotatable bonds is 3. The zero-order valence-corrected chi connectivity index (χ0v) is 10.1. The van der Waals surface area contributed by atoms with Crippen molar-refractivity contribution >= 4 is 6.29 Å². The van der Waals surface area contributed by atoms with Gasteiger partial charge in [-0.3, -0.25) is 9.78 Å². The maximum Gasteiger partial charge on any atom is 0.151 e. The van der Waals surface area contributed by atoms with E-state index in [2.05, 4.69) is 18.8 Å². The van der Waals surface area contributed by atoms with E-state index in [-0.39, 0.29) is 0 Å². The summed E-state index contributed by atoms with van der Waals surface area (Å²) >= 11 is 0. The molecule has 1 aromatic heterocycles. The van der Waals surface area contributed by atoms with Crippen LogP contribution >= 0.6 is 0 Å². The minimum atomic E-state index is 0.434. The first-order chi connectivity index (χ1) is 7.72. The van der Waals surface area contributed by atoms with Gasteiger partial charge in [-0.25, -0.2) is 0 Å². The molecule has 1 aliphatic rings. The summed E-state index contributed by atoms with van der Waals surface area (Å²) in [6, 6.07) is 2.01. The second kappa shape index (κ2) is 4.77. The molecule has 1 aliphatic carbocycles. The Kier molecular flexibility index (Phi) is 3.37. The minimum Gasteiger partial charge on any atom is -0.298 e. The molecule has 0 spiro atoms. The van der Waals surface area contributed by atoms with Crippen LogP contribution in [-0.2, 0) is 0 Å². The van der Waals surface area contributed by atoms with E-state index in [1.807, 2.05) is 12.3 Å². The van der Waals surface area contributed by atoms with Crippen LogP contribution in [0.4, 0.5) is 0 Å². The van der Waals surface area contributed by atoms with Crippen molar-refractivity contribution in [3.05, 3.63) is 29.1 Å². The van der Waals surface area contributed by atoms with Crippen LogP contribution in [0.25, 0.3) is 0 Å². The van der Waals surface area contributed by atoms with E-state index in [1.165, 1.54) is 25.7 Å². The van der Waals surface area contributed by atoms with Gasteiger partial charge >= 0.3 is 0 Å². The van der Waals surface area contributed by atoms with Gasteiger partial charge in [-0.05, 0) is 30.4 Å². The quantitative estimate of drug-likeness (QED) is 0.723. The van der Waals surface area contributed by atoms with E-state index in [1.54, 1.807) is 0 Å². The molecule has 0 atom stereocenters. The summed E-state index contributed by atoms with van der Waals surface area (Å²) in [5, 5.41) is 0. The highest BCUT2D eigenvalue weighted by molar-refractivity contribution is 5.77. The average molecular weight is 217 g/mol. The maximum absolute atomic E-state index is 11.1. The van der Waals surface area contributed by atoms with E-state index in [0.29, 0.717) is 11.8 Å². The molecule has 2 nitrogen and oxygen atoms in total. The lowest BCUT2D eigenvalue weighted by Gasteiger charge is -2.13. The lowest BCUT2D eigenvalue weighted by Crippen LogP contribution is -2.04. The monoisotopic (exact) mass is 217 g/mol. The van der Waals surface area contributed by atoms with Gasteiger partial charge < -0.3 is 0 Å². The number of hydrogen-bond acceptors (Lipinski definition) is 2. The highest BCUT2D eigenvalue weighted by Gasteiger charge is 2.21. The Morgan fingerprint density at radius 3 is 2.62 bits per heavy atom. The SMILES string of the molecule is CC(C)c1cnc(C2CCCC2)c(C=O)c1. The third-order valence-electron chi connectivity index (χ3n) is 3.51. The Morgan fingerprint density at radius 1 is 1.38 bits per heavy atom. The number of aromatic nitrogens is 1. The zero-order chi connectivity index (χ0) is 11.5. The molecule has 0 amide bonds. The fourth-order valence-electron chi connectivity index (χ4n) is 2.46. The Labute approximate surface area is 97.1 Å². The summed E-state index contributed by atoms with van der Waals surface area (Å²) in [5.41, 5.74) is 2.99. The maximum atomic E-state index is 11.1. The van der Waals surface area contributed by atoms with Crippen LogP contribution in [0.1, 0.15) is 73.0 Å². The lowest BCUT2D eigenvalue weighted by atomic mass is 9.96. The highest BCUT2D eigenvalue weighted by atomic mass is 16.1. The van der Waals surface area contributed by atoms with Crippen LogP contribution in [0.15, 0.2) is 12.3 Å². The number of aldehydes is 1. The van der Waals surface area contributed by atoms with Gasteiger partial charge in [0.05, 0.1) is 5.69 Å². The van der Waals surface area contributed by atoms with Gasteiger partial charge in [0.1, 0.15) is 0 Å². The van der Waals surface area contributed by atoms with Gasteiger partial charge in [-0.15, -0.1) is 0 Å². The van der Waals surface area contributed by atoms with E-state index in [0.717, 1.165) is 23.1 Å². The molecule has 0 radical (unpaired) electrons. The number of hydrogen-bond donors (Lipinski definition) is 0. The van der Waals surface area contributed by atoms with Crippen LogP contribution in [0.2, 0.25) is 0 Å². The molecule has 1 fully saturated rings. The van der Waals surface area contributed by atoms with Gasteiger partial charge in [-0.2, -0.15) is 0 Å². The first kappa shape index (κ1) is 11.3. The predicted molar refractivity (Wildman–Crippen MR) is 64.9 cm³/mol. The summed E-state index contributed by atoms with van der Waals surface area (Å²) < 4.78 is 0. The Morgan fingerprint density at radius 2 is 2.06 bits per heavy atom. The molecule has 0 aromatic carbocycles. The minimum absolute atomic E-state index is 0.434. The average Bonchev–Trinajstić information content (AvgIpc) is 2.81. The van der Waals surface area contributed by atoms with Gasteiger partial charge in [-0.1, -0.05) is 26.7 Å². The van der Waals surface area contributed by atoms with Crippen molar-refractivity contribution < 1.29 is 4.79 Å². The van der Waals surface area contributed by atoms with Crippen molar-refractivity contribution in [3.8, 4) is 0 Å². The molecule has 2 rings (SSSR count). The van der Waals surface area contributed by atoms with Crippen LogP contribution < -0.4 is 0 Å². The highest BCUT2D eigenvalue weighted by Crippen LogP contribution is 2.34. The molecule has 0 saturated heterocycles. The molecule has 16 heavy (non-hydrogen) atoms. The van der Waals surface area contributed by atoms with Gasteiger partial charge in [0.25, 0.3) is 0 Å². The lowest BCUT2D eigenvalue weighted by molar-refractivity contribution is 0.112. The largest absolute Gasteiger partial charge is 0.298 e. The summed E-state index contributed by atoms with van der Waals surface area (Å²) in [6.07, 6.45) is 7.83. The van der Waals surface area contributed by atoms with Crippen molar-refractivity contribution in [2.75, 3.05) is 0 Å². The van der Waals surface area contributed by atoms with E-state index in [9.17, 15) is 4.79 Å². The van der Waals surface area contributed by atoms with Gasteiger partial charge in [0.2, 0.25) is 0 Å². The summed E-state index contributed by atoms with van der Waals surface area (Å²) in [5.74, 6) is 0.949. The van der Waals surface area contributed by atoms with Crippen molar-refractivity contribution in [2.45, 2.75) is 51.4 Å². The molecular weight excluding hydrogens is 198 g/mol. The summed E-state index contributed by atoms with van der Waals surface area (Å²) in [4.78, 5) is 15.6. The van der Waals surface area contributed by atoms with Gasteiger partial charge in [0.15, 0.2) is 6.29 Å². The van der Waals surface area contributed by atoms with E-state index < -0.39 is 0 Å². The third kappa shape index (κ3) is 2.16. The zero-order valence-electron chi connectivity index (χ0n) is 10.1. The Balaban J connectivity index is 2.34. The molecule has 1 heterocycles. The van der Waals surface area contributed by atoms with E-state index >= 15 is 0 Å². The van der Waals surface area contributed by atoms with Crippen LogP contribution in [0.5, 0.6) is 0 Å². The van der Waals surface area contributed by atoms with Crippen LogP contribution in [0.3, 0.4) is 0 Å². The molecule has 86 valence electrons. The number of nitrogens with zero attached hydrogens (tertiary/aromatic N) is 1. The normalized spacial score (nSPS) is 16.9. The molecule has 0 aliphatic heterocycles. The van der Waals surface area contributed by atoms with Gasteiger partial charge in [0, 0.05) is 17.7 Å². The van der Waals surface area contributed by atoms with Crippen LogP contribution in [-0.4, -0.2) is 11.3 Å². The Hall–Kier alpha value is -1.18. The molecule has 0 N–H and O–H groups in total. The topological polar surface area (TPSA) is 30.0 Å².